The van der Waals surface area contributed by atoms with Gasteiger partial charge in [-0.2, -0.15) is 0 Å². The van der Waals surface area contributed by atoms with Gasteiger partial charge in [-0.1, -0.05) is 13.0 Å². The summed E-state index contributed by atoms with van der Waals surface area (Å²) in [5.41, 5.74) is 1.68. The zero-order valence-electron chi connectivity index (χ0n) is 12.2. The lowest BCUT2D eigenvalue weighted by Gasteiger charge is -2.23. The van der Waals surface area contributed by atoms with Crippen LogP contribution in [0, 0.1) is 6.92 Å². The van der Waals surface area contributed by atoms with Crippen LogP contribution in [-0.4, -0.2) is 37.0 Å². The fourth-order valence-corrected chi connectivity index (χ4v) is 2.03. The molecule has 0 fully saturated rings. The predicted molar refractivity (Wildman–Crippen MR) is 83.1 cm³/mol. The van der Waals surface area contributed by atoms with E-state index in [0.717, 1.165) is 23.4 Å². The molecular formula is C15H24N2OS. The van der Waals surface area contributed by atoms with Gasteiger partial charge in [-0.3, -0.25) is 4.79 Å². The lowest BCUT2D eigenvalue weighted by Crippen LogP contribution is -2.37. The van der Waals surface area contributed by atoms with Crippen molar-refractivity contribution < 1.29 is 4.79 Å². The van der Waals surface area contributed by atoms with Crippen LogP contribution in [0.15, 0.2) is 23.1 Å². The molecule has 0 aliphatic heterocycles. The van der Waals surface area contributed by atoms with Crippen molar-refractivity contribution >= 4 is 18.5 Å². The fourth-order valence-electron chi connectivity index (χ4n) is 1.83. The number of carbonyl (C=O) groups is 1. The van der Waals surface area contributed by atoms with E-state index in [2.05, 4.69) is 43.7 Å². The predicted octanol–water partition coefficient (Wildman–Crippen LogP) is 2.74. The van der Waals surface area contributed by atoms with Gasteiger partial charge >= 0.3 is 0 Å². The third kappa shape index (κ3) is 4.88. The molecular weight excluding hydrogens is 256 g/mol. The van der Waals surface area contributed by atoms with Crippen molar-refractivity contribution in [1.82, 2.24) is 10.2 Å². The number of thiol groups is 1. The van der Waals surface area contributed by atoms with Gasteiger partial charge in [0.05, 0.1) is 0 Å². The van der Waals surface area contributed by atoms with Crippen LogP contribution in [0.4, 0.5) is 0 Å². The Labute approximate surface area is 121 Å². The van der Waals surface area contributed by atoms with Gasteiger partial charge in [0.25, 0.3) is 5.91 Å². The average molecular weight is 280 g/mol. The molecule has 19 heavy (non-hydrogen) atoms. The number of nitrogens with zero attached hydrogens (tertiary/aromatic N) is 1. The Morgan fingerprint density at radius 1 is 1.47 bits per heavy atom. The van der Waals surface area contributed by atoms with Gasteiger partial charge < -0.3 is 10.2 Å². The summed E-state index contributed by atoms with van der Waals surface area (Å²) in [5.74, 6) is -0.0223. The first-order chi connectivity index (χ1) is 8.95. The Bertz CT molecular complexity index is 434. The van der Waals surface area contributed by atoms with Gasteiger partial charge in [0, 0.05) is 29.6 Å². The summed E-state index contributed by atoms with van der Waals surface area (Å²) in [6.07, 6.45) is 1.12. The van der Waals surface area contributed by atoms with Crippen LogP contribution >= 0.6 is 12.6 Å². The van der Waals surface area contributed by atoms with Crippen LogP contribution in [0.3, 0.4) is 0 Å². The van der Waals surface area contributed by atoms with E-state index in [1.54, 1.807) is 0 Å². The minimum absolute atomic E-state index is 0.0223. The molecule has 0 saturated carbocycles. The molecule has 1 unspecified atom stereocenters. The van der Waals surface area contributed by atoms with E-state index in [1.165, 1.54) is 0 Å². The third-order valence-electron chi connectivity index (χ3n) is 3.56. The molecule has 106 valence electrons. The van der Waals surface area contributed by atoms with Crippen LogP contribution in [0.2, 0.25) is 0 Å². The van der Waals surface area contributed by atoms with E-state index in [1.807, 2.05) is 25.1 Å². The molecule has 0 bridgehead atoms. The van der Waals surface area contributed by atoms with E-state index in [-0.39, 0.29) is 5.91 Å². The summed E-state index contributed by atoms with van der Waals surface area (Å²) in [6, 6.07) is 6.17. The summed E-state index contributed by atoms with van der Waals surface area (Å²) < 4.78 is 0. The first kappa shape index (κ1) is 16.1. The summed E-state index contributed by atoms with van der Waals surface area (Å²) in [5, 5.41) is 2.96. The van der Waals surface area contributed by atoms with Crippen LogP contribution in [0.5, 0.6) is 0 Å². The van der Waals surface area contributed by atoms with E-state index < -0.39 is 0 Å². The van der Waals surface area contributed by atoms with E-state index >= 15 is 0 Å². The first-order valence-electron chi connectivity index (χ1n) is 6.73. The number of aryl methyl sites for hydroxylation is 1. The Kier molecular flexibility index (Phi) is 6.38. The fraction of sp³-hybridized carbons (Fsp3) is 0.533. The number of hydrogen-bond acceptors (Lipinski definition) is 3. The molecule has 0 radical (unpaired) electrons. The summed E-state index contributed by atoms with van der Waals surface area (Å²) in [6.45, 7) is 7.82. The normalized spacial score (nSPS) is 12.5. The molecule has 0 heterocycles. The van der Waals surface area contributed by atoms with E-state index in [4.69, 9.17) is 0 Å². The number of nitrogens with one attached hydrogen (secondary N) is 1. The molecule has 0 saturated heterocycles. The molecule has 1 amide bonds. The third-order valence-corrected chi connectivity index (χ3v) is 3.84. The summed E-state index contributed by atoms with van der Waals surface area (Å²) in [7, 11) is 2.08. The SMILES string of the molecule is CCC(C)N(C)CCNC(=O)c1cc(S)ccc1C. The highest BCUT2D eigenvalue weighted by Crippen LogP contribution is 2.13. The second-order valence-electron chi connectivity index (χ2n) is 4.99. The van der Waals surface area contributed by atoms with Crippen molar-refractivity contribution in [3.63, 3.8) is 0 Å². The molecule has 0 aliphatic carbocycles. The summed E-state index contributed by atoms with van der Waals surface area (Å²) >= 11 is 4.27. The van der Waals surface area contributed by atoms with Crippen molar-refractivity contribution in [2.75, 3.05) is 20.1 Å². The topological polar surface area (TPSA) is 32.3 Å². The Morgan fingerprint density at radius 2 is 2.16 bits per heavy atom. The van der Waals surface area contributed by atoms with Crippen molar-refractivity contribution in [3.8, 4) is 0 Å². The van der Waals surface area contributed by atoms with Crippen LogP contribution in [0.25, 0.3) is 0 Å². The smallest absolute Gasteiger partial charge is 0.251 e. The van der Waals surface area contributed by atoms with Crippen molar-refractivity contribution in [2.24, 2.45) is 0 Å². The van der Waals surface area contributed by atoms with Crippen LogP contribution < -0.4 is 5.32 Å². The molecule has 1 aromatic rings. The Hall–Kier alpha value is -1.00. The quantitative estimate of drug-likeness (QED) is 0.785. The molecule has 1 N–H and O–H groups in total. The second kappa shape index (κ2) is 7.56. The molecule has 1 rings (SSSR count). The minimum atomic E-state index is -0.0223. The maximum absolute atomic E-state index is 12.1. The van der Waals surface area contributed by atoms with Gasteiger partial charge in [0.2, 0.25) is 0 Å². The van der Waals surface area contributed by atoms with Crippen molar-refractivity contribution in [1.29, 1.82) is 0 Å². The maximum Gasteiger partial charge on any atom is 0.251 e. The molecule has 0 spiro atoms. The van der Waals surface area contributed by atoms with Gasteiger partial charge in [-0.05, 0) is 45.0 Å². The highest BCUT2D eigenvalue weighted by molar-refractivity contribution is 7.80. The van der Waals surface area contributed by atoms with Gasteiger partial charge in [-0.15, -0.1) is 12.6 Å². The van der Waals surface area contributed by atoms with Crippen molar-refractivity contribution in [3.05, 3.63) is 29.3 Å². The Balaban J connectivity index is 2.50. The molecule has 1 atom stereocenters. The van der Waals surface area contributed by atoms with Crippen LogP contribution in [-0.2, 0) is 0 Å². The Morgan fingerprint density at radius 3 is 2.79 bits per heavy atom. The van der Waals surface area contributed by atoms with Gasteiger partial charge in [0.1, 0.15) is 0 Å². The number of likely N-dealkylation sites (N-methyl/N-ethyl adjacent to an activating group) is 1. The molecule has 1 aromatic carbocycles. The molecule has 4 heteroatoms. The highest BCUT2D eigenvalue weighted by Gasteiger charge is 2.10. The summed E-state index contributed by atoms with van der Waals surface area (Å²) in [4.78, 5) is 15.1. The number of carbonyl (C=O) groups excluding carboxylic acids is 1. The number of rotatable bonds is 6. The number of hydrogen-bond donors (Lipinski definition) is 2. The average Bonchev–Trinajstić information content (AvgIpc) is 2.40. The minimum Gasteiger partial charge on any atom is -0.351 e. The lowest BCUT2D eigenvalue weighted by atomic mass is 10.1. The van der Waals surface area contributed by atoms with Gasteiger partial charge in [0.15, 0.2) is 0 Å². The molecule has 0 aliphatic rings. The van der Waals surface area contributed by atoms with E-state index in [0.29, 0.717) is 18.2 Å². The lowest BCUT2D eigenvalue weighted by molar-refractivity contribution is 0.0946. The monoisotopic (exact) mass is 280 g/mol. The van der Waals surface area contributed by atoms with E-state index in [9.17, 15) is 4.79 Å². The molecule has 3 nitrogen and oxygen atoms in total. The second-order valence-corrected chi connectivity index (χ2v) is 5.51. The highest BCUT2D eigenvalue weighted by atomic mass is 32.1. The van der Waals surface area contributed by atoms with Gasteiger partial charge in [-0.25, -0.2) is 0 Å². The maximum atomic E-state index is 12.1. The first-order valence-corrected chi connectivity index (χ1v) is 7.18. The standard InChI is InChI=1S/C15H24N2OS/c1-5-12(3)17(4)9-8-16-15(18)14-10-13(19)7-6-11(14)2/h6-7,10,12,19H,5,8-9H2,1-4H3,(H,16,18). The number of benzene rings is 1. The zero-order valence-corrected chi connectivity index (χ0v) is 13.1. The number of amides is 1. The van der Waals surface area contributed by atoms with Crippen LogP contribution in [0.1, 0.15) is 36.2 Å². The largest absolute Gasteiger partial charge is 0.351 e. The van der Waals surface area contributed by atoms with Crippen molar-refractivity contribution in [2.45, 2.75) is 38.1 Å². The molecule has 0 aromatic heterocycles. The zero-order chi connectivity index (χ0) is 14.4.